The molecule has 0 fully saturated rings. The number of quaternary nitrogens is 1. The maximum absolute atomic E-state index is 10.4. The SMILES string of the molecule is CCCC[N+](CCCC)(CCCC)CCCC.Cc1ccccc1S(=O)[O-]. The Balaban J connectivity index is 0.000000569. The Morgan fingerprint density at radius 1 is 0.778 bits per heavy atom. The number of hydrogen-bond donors (Lipinski definition) is 0. The molecule has 27 heavy (non-hydrogen) atoms. The molecule has 1 aromatic carbocycles. The van der Waals surface area contributed by atoms with Crippen LogP contribution in [0.1, 0.15) is 84.6 Å². The van der Waals surface area contributed by atoms with Gasteiger partial charge in [-0.2, -0.15) is 0 Å². The lowest BCUT2D eigenvalue weighted by Gasteiger charge is -2.39. The van der Waals surface area contributed by atoms with Gasteiger partial charge in [0.15, 0.2) is 0 Å². The first-order valence-corrected chi connectivity index (χ1v) is 12.0. The lowest BCUT2D eigenvalue weighted by atomic mass is 10.1. The van der Waals surface area contributed by atoms with Crippen molar-refractivity contribution < 1.29 is 13.2 Å². The van der Waals surface area contributed by atoms with Crippen LogP contribution in [0.25, 0.3) is 0 Å². The Kier molecular flexibility index (Phi) is 15.8. The van der Waals surface area contributed by atoms with Crippen LogP contribution in [0.3, 0.4) is 0 Å². The molecule has 3 nitrogen and oxygen atoms in total. The van der Waals surface area contributed by atoms with Crippen LogP contribution in [0.5, 0.6) is 0 Å². The van der Waals surface area contributed by atoms with Gasteiger partial charge in [0.25, 0.3) is 0 Å². The molecule has 0 N–H and O–H groups in total. The number of hydrogen-bond acceptors (Lipinski definition) is 2. The molecule has 1 atom stereocenters. The predicted octanol–water partition coefficient (Wildman–Crippen LogP) is 6.24. The predicted molar refractivity (Wildman–Crippen MR) is 118 cm³/mol. The Labute approximate surface area is 171 Å². The third kappa shape index (κ3) is 11.7. The van der Waals surface area contributed by atoms with Crippen LogP contribution in [0.2, 0.25) is 0 Å². The van der Waals surface area contributed by atoms with Crippen molar-refractivity contribution in [1.82, 2.24) is 0 Å². The molecule has 0 saturated carbocycles. The molecule has 0 aliphatic heterocycles. The summed E-state index contributed by atoms with van der Waals surface area (Å²) >= 11 is -2.09. The van der Waals surface area contributed by atoms with Crippen molar-refractivity contribution in [2.75, 3.05) is 26.2 Å². The van der Waals surface area contributed by atoms with Gasteiger partial charge in [0, 0.05) is 4.90 Å². The van der Waals surface area contributed by atoms with Gasteiger partial charge in [-0.15, -0.1) is 0 Å². The van der Waals surface area contributed by atoms with Crippen LogP contribution in [-0.4, -0.2) is 39.4 Å². The van der Waals surface area contributed by atoms with Gasteiger partial charge in [-0.3, -0.25) is 4.21 Å². The standard InChI is InChI=1S/C16H36N.C7H8O2S/c1-5-9-13-17(14-10-6-2,15-11-7-3)16-12-8-4;1-6-4-2-3-5-7(6)10(8)9/h5-16H2,1-4H3;2-5H,1H3,(H,8,9)/q+1;/p-1. The van der Waals surface area contributed by atoms with Crippen molar-refractivity contribution in [2.45, 2.75) is 90.9 Å². The fourth-order valence-corrected chi connectivity index (χ4v) is 3.91. The average molecular weight is 398 g/mol. The van der Waals surface area contributed by atoms with Crippen LogP contribution in [0, 0.1) is 6.92 Å². The molecule has 4 heteroatoms. The van der Waals surface area contributed by atoms with Gasteiger partial charge in [-0.1, -0.05) is 71.6 Å². The Hall–Kier alpha value is -0.710. The Morgan fingerprint density at radius 2 is 1.15 bits per heavy atom. The number of benzene rings is 1. The molecule has 0 saturated heterocycles. The van der Waals surface area contributed by atoms with Crippen molar-refractivity contribution in [1.29, 1.82) is 0 Å². The van der Waals surface area contributed by atoms with E-state index in [0.29, 0.717) is 4.90 Å². The summed E-state index contributed by atoms with van der Waals surface area (Å²) in [6.07, 6.45) is 11.1. The summed E-state index contributed by atoms with van der Waals surface area (Å²) in [7, 11) is 0. The van der Waals surface area contributed by atoms with Crippen molar-refractivity contribution in [3.8, 4) is 0 Å². The van der Waals surface area contributed by atoms with E-state index in [9.17, 15) is 8.76 Å². The topological polar surface area (TPSA) is 40.1 Å². The summed E-state index contributed by atoms with van der Waals surface area (Å²) in [5, 5.41) is 0. The molecule has 0 radical (unpaired) electrons. The monoisotopic (exact) mass is 397 g/mol. The fourth-order valence-electron chi connectivity index (χ4n) is 3.39. The summed E-state index contributed by atoms with van der Waals surface area (Å²) in [5.41, 5.74) is 0.788. The molecule has 158 valence electrons. The van der Waals surface area contributed by atoms with Gasteiger partial charge in [-0.05, 0) is 55.3 Å². The largest absolute Gasteiger partial charge is 0.768 e. The van der Waals surface area contributed by atoms with E-state index in [2.05, 4.69) is 27.7 Å². The molecule has 0 bridgehead atoms. The molecule has 0 aliphatic carbocycles. The molecule has 1 aromatic rings. The molecule has 0 heterocycles. The minimum atomic E-state index is -2.09. The normalized spacial score (nSPS) is 12.4. The number of nitrogens with zero attached hydrogens (tertiary/aromatic N) is 1. The molecule has 0 aliphatic rings. The maximum atomic E-state index is 10.4. The maximum Gasteiger partial charge on any atom is 0.0786 e. The second-order valence-electron chi connectivity index (χ2n) is 7.65. The van der Waals surface area contributed by atoms with Gasteiger partial charge in [0.1, 0.15) is 0 Å². The van der Waals surface area contributed by atoms with E-state index in [1.54, 1.807) is 25.1 Å². The van der Waals surface area contributed by atoms with Crippen LogP contribution in [0.15, 0.2) is 29.2 Å². The second kappa shape index (κ2) is 16.3. The van der Waals surface area contributed by atoms with Crippen molar-refractivity contribution >= 4 is 11.1 Å². The smallest absolute Gasteiger partial charge is 0.0786 e. The van der Waals surface area contributed by atoms with E-state index in [4.69, 9.17) is 0 Å². The lowest BCUT2D eigenvalue weighted by molar-refractivity contribution is -0.929. The van der Waals surface area contributed by atoms with Gasteiger partial charge in [0.05, 0.1) is 26.2 Å². The molecular formula is C23H43NO2S. The number of unbranched alkanes of at least 4 members (excludes halogenated alkanes) is 4. The molecule has 1 unspecified atom stereocenters. The van der Waals surface area contributed by atoms with Crippen LogP contribution >= 0.6 is 0 Å². The van der Waals surface area contributed by atoms with E-state index in [1.165, 1.54) is 82.0 Å². The van der Waals surface area contributed by atoms with E-state index in [0.717, 1.165) is 5.56 Å². The average Bonchev–Trinajstić information content (AvgIpc) is 2.67. The van der Waals surface area contributed by atoms with E-state index in [1.807, 2.05) is 6.07 Å². The molecule has 1 rings (SSSR count). The summed E-state index contributed by atoms with van der Waals surface area (Å²) in [6, 6.07) is 6.87. The third-order valence-corrected chi connectivity index (χ3v) is 6.03. The van der Waals surface area contributed by atoms with E-state index >= 15 is 0 Å². The van der Waals surface area contributed by atoms with Gasteiger partial charge < -0.3 is 9.04 Å². The minimum Gasteiger partial charge on any atom is -0.768 e. The second-order valence-corrected chi connectivity index (χ2v) is 8.56. The molecule has 0 spiro atoms. The van der Waals surface area contributed by atoms with Crippen molar-refractivity contribution in [3.63, 3.8) is 0 Å². The first-order valence-electron chi connectivity index (χ1n) is 11.0. The zero-order valence-corrected chi connectivity index (χ0v) is 19.3. The molecule has 0 aromatic heterocycles. The first kappa shape index (κ1) is 26.3. The quantitative estimate of drug-likeness (QED) is 0.292. The van der Waals surface area contributed by atoms with Crippen molar-refractivity contribution in [2.24, 2.45) is 0 Å². The highest BCUT2D eigenvalue weighted by atomic mass is 32.2. The highest BCUT2D eigenvalue weighted by Gasteiger charge is 2.24. The lowest BCUT2D eigenvalue weighted by Crippen LogP contribution is -2.50. The van der Waals surface area contributed by atoms with E-state index in [-0.39, 0.29) is 0 Å². The third-order valence-electron chi connectivity index (χ3n) is 5.22. The number of rotatable bonds is 13. The van der Waals surface area contributed by atoms with E-state index < -0.39 is 11.1 Å². The van der Waals surface area contributed by atoms with Crippen LogP contribution < -0.4 is 0 Å². The first-order chi connectivity index (χ1) is 13.0. The Morgan fingerprint density at radius 3 is 1.41 bits per heavy atom. The Bertz CT molecular complexity index is 467. The summed E-state index contributed by atoms with van der Waals surface area (Å²) in [6.45, 7) is 16.8. The van der Waals surface area contributed by atoms with Crippen LogP contribution in [0.4, 0.5) is 0 Å². The summed E-state index contributed by atoms with van der Waals surface area (Å²) in [5.74, 6) is 0. The highest BCUT2D eigenvalue weighted by molar-refractivity contribution is 7.79. The zero-order valence-electron chi connectivity index (χ0n) is 18.5. The zero-order chi connectivity index (χ0) is 20.5. The summed E-state index contributed by atoms with van der Waals surface area (Å²) in [4.78, 5) is 0.377. The molecule has 0 amide bonds. The fraction of sp³-hybridized carbons (Fsp3) is 0.739. The van der Waals surface area contributed by atoms with Crippen LogP contribution in [-0.2, 0) is 11.1 Å². The van der Waals surface area contributed by atoms with Gasteiger partial charge in [0.2, 0.25) is 0 Å². The number of aryl methyl sites for hydroxylation is 1. The van der Waals surface area contributed by atoms with Gasteiger partial charge in [-0.25, -0.2) is 0 Å². The highest BCUT2D eigenvalue weighted by Crippen LogP contribution is 2.16. The summed E-state index contributed by atoms with van der Waals surface area (Å²) < 4.78 is 22.3. The minimum absolute atomic E-state index is 0.377. The van der Waals surface area contributed by atoms with Gasteiger partial charge >= 0.3 is 0 Å². The van der Waals surface area contributed by atoms with Crippen molar-refractivity contribution in [3.05, 3.63) is 29.8 Å². The molecular weight excluding hydrogens is 354 g/mol.